The number of carbonyl (C=O) groups excluding carboxylic acids is 2. The van der Waals surface area contributed by atoms with Crippen LogP contribution in [0.5, 0.6) is 0 Å². The van der Waals surface area contributed by atoms with E-state index in [-0.39, 0.29) is 30.8 Å². The maximum Gasteiger partial charge on any atom is 0.407 e. The Hall–Kier alpha value is -3.61. The lowest BCUT2D eigenvalue weighted by molar-refractivity contribution is -0.137. The van der Waals surface area contributed by atoms with E-state index < -0.39 is 18.1 Å². The minimum absolute atomic E-state index is 0.00797. The van der Waals surface area contributed by atoms with E-state index >= 15 is 0 Å². The van der Waals surface area contributed by atoms with Crippen molar-refractivity contribution in [2.24, 2.45) is 5.92 Å². The first-order valence-electron chi connectivity index (χ1n) is 12.0. The van der Waals surface area contributed by atoms with Crippen molar-refractivity contribution in [1.82, 2.24) is 10.6 Å². The molecule has 2 amide bonds. The molecule has 0 saturated carbocycles. The number of ether oxygens (including phenoxy) is 1. The second kappa shape index (κ2) is 12.2. The molecule has 186 valence electrons. The molecule has 35 heavy (non-hydrogen) atoms. The van der Waals surface area contributed by atoms with Crippen LogP contribution >= 0.6 is 0 Å². The van der Waals surface area contributed by atoms with Crippen molar-refractivity contribution in [2.45, 2.75) is 52.0 Å². The highest BCUT2D eigenvalue weighted by atomic mass is 16.5. The molecule has 0 aromatic heterocycles. The molecule has 0 fully saturated rings. The highest BCUT2D eigenvalue weighted by Crippen LogP contribution is 2.44. The van der Waals surface area contributed by atoms with Crippen molar-refractivity contribution in [3.05, 3.63) is 71.3 Å². The summed E-state index contributed by atoms with van der Waals surface area (Å²) in [5, 5.41) is 14.4. The Morgan fingerprint density at radius 2 is 1.63 bits per heavy atom. The highest BCUT2D eigenvalue weighted by molar-refractivity contribution is 5.86. The number of carboxylic acids is 1. The van der Waals surface area contributed by atoms with Gasteiger partial charge in [0, 0.05) is 18.9 Å². The summed E-state index contributed by atoms with van der Waals surface area (Å²) in [5.74, 6) is -1.23. The number of alkyl carbamates (subject to hydrolysis) is 1. The van der Waals surface area contributed by atoms with Gasteiger partial charge in [-0.1, -0.05) is 67.1 Å². The smallest absolute Gasteiger partial charge is 0.407 e. The van der Waals surface area contributed by atoms with E-state index in [2.05, 4.69) is 34.9 Å². The maximum atomic E-state index is 12.8. The molecule has 0 aliphatic heterocycles. The molecule has 1 aliphatic carbocycles. The number of hydrogen-bond donors (Lipinski definition) is 3. The zero-order valence-corrected chi connectivity index (χ0v) is 20.5. The standard InChI is InChI=1S/C28H34N2O5/c1-18(2)12-14-25(27(33)29-16-19(3)13-15-26(31)32)30-28(34)35-17-24-22-10-6-4-8-20(22)21-9-5-7-11-23(21)24/h4-12,19,24-25H,13-17H2,1-3H3,(H,29,33)(H,30,34)(H,31,32). The van der Waals surface area contributed by atoms with Crippen LogP contribution in [0.15, 0.2) is 60.2 Å². The molecule has 2 unspecified atom stereocenters. The number of hydrogen-bond acceptors (Lipinski definition) is 4. The monoisotopic (exact) mass is 478 g/mol. The Morgan fingerprint density at radius 3 is 2.20 bits per heavy atom. The van der Waals surface area contributed by atoms with Crippen LogP contribution in [0, 0.1) is 5.92 Å². The lowest BCUT2D eigenvalue weighted by Gasteiger charge is -2.20. The Labute approximate surface area is 206 Å². The summed E-state index contributed by atoms with van der Waals surface area (Å²) in [5.41, 5.74) is 5.57. The van der Waals surface area contributed by atoms with Crippen LogP contribution in [0.1, 0.15) is 57.1 Å². The van der Waals surface area contributed by atoms with Gasteiger partial charge in [-0.3, -0.25) is 9.59 Å². The predicted octanol–water partition coefficient (Wildman–Crippen LogP) is 4.87. The molecule has 3 rings (SSSR count). The molecule has 7 heteroatoms. The Kier molecular flexibility index (Phi) is 9.06. The van der Waals surface area contributed by atoms with E-state index in [1.807, 2.05) is 51.1 Å². The minimum Gasteiger partial charge on any atom is -0.481 e. The predicted molar refractivity (Wildman–Crippen MR) is 135 cm³/mol. The number of carbonyl (C=O) groups is 3. The van der Waals surface area contributed by atoms with Gasteiger partial charge in [0.2, 0.25) is 5.91 Å². The number of fused-ring (bicyclic) bond motifs is 3. The molecule has 2 atom stereocenters. The van der Waals surface area contributed by atoms with Gasteiger partial charge in [0.1, 0.15) is 12.6 Å². The average molecular weight is 479 g/mol. The van der Waals surface area contributed by atoms with E-state index in [0.29, 0.717) is 19.4 Å². The molecule has 1 aliphatic rings. The largest absolute Gasteiger partial charge is 0.481 e. The van der Waals surface area contributed by atoms with Crippen LogP contribution in [-0.2, 0) is 14.3 Å². The number of aliphatic carboxylic acids is 1. The van der Waals surface area contributed by atoms with Crippen molar-refractivity contribution in [3.8, 4) is 11.1 Å². The Balaban J connectivity index is 1.60. The summed E-state index contributed by atoms with van der Waals surface area (Å²) >= 11 is 0. The fraction of sp³-hybridized carbons (Fsp3) is 0.393. The fourth-order valence-electron chi connectivity index (χ4n) is 4.24. The maximum absolute atomic E-state index is 12.8. The van der Waals surface area contributed by atoms with Crippen LogP contribution < -0.4 is 10.6 Å². The van der Waals surface area contributed by atoms with Gasteiger partial charge in [-0.15, -0.1) is 0 Å². The summed E-state index contributed by atoms with van der Waals surface area (Å²) in [6.07, 6.45) is 2.10. The van der Waals surface area contributed by atoms with Gasteiger partial charge >= 0.3 is 12.1 Å². The molecule has 3 N–H and O–H groups in total. The van der Waals surface area contributed by atoms with Gasteiger partial charge in [0.25, 0.3) is 0 Å². The number of benzene rings is 2. The molecule has 0 bridgehead atoms. The number of amides is 2. The molecule has 0 saturated heterocycles. The summed E-state index contributed by atoms with van der Waals surface area (Å²) in [6, 6.07) is 15.4. The summed E-state index contributed by atoms with van der Waals surface area (Å²) in [4.78, 5) is 36.3. The van der Waals surface area contributed by atoms with Gasteiger partial charge in [-0.05, 0) is 54.9 Å². The number of allylic oxidation sites excluding steroid dienone is 1. The molecular weight excluding hydrogens is 444 g/mol. The van der Waals surface area contributed by atoms with Crippen LogP contribution in [0.25, 0.3) is 11.1 Å². The average Bonchev–Trinajstić information content (AvgIpc) is 3.16. The van der Waals surface area contributed by atoms with E-state index in [4.69, 9.17) is 9.84 Å². The van der Waals surface area contributed by atoms with Crippen LogP contribution in [-0.4, -0.2) is 42.3 Å². The van der Waals surface area contributed by atoms with Gasteiger partial charge in [-0.25, -0.2) is 4.79 Å². The lowest BCUT2D eigenvalue weighted by atomic mass is 9.98. The minimum atomic E-state index is -0.860. The van der Waals surface area contributed by atoms with Crippen molar-refractivity contribution in [1.29, 1.82) is 0 Å². The number of carboxylic acid groups (broad SMARTS) is 1. The summed E-state index contributed by atoms with van der Waals surface area (Å²) in [6.45, 7) is 6.24. The third kappa shape index (κ3) is 7.18. The quantitative estimate of drug-likeness (QED) is 0.400. The van der Waals surface area contributed by atoms with E-state index in [1.165, 1.54) is 0 Å². The second-order valence-electron chi connectivity index (χ2n) is 9.32. The van der Waals surface area contributed by atoms with E-state index in [9.17, 15) is 14.4 Å². The van der Waals surface area contributed by atoms with Gasteiger partial charge in [-0.2, -0.15) is 0 Å². The Morgan fingerprint density at radius 1 is 1.03 bits per heavy atom. The third-order valence-electron chi connectivity index (χ3n) is 6.19. The molecule has 2 aromatic carbocycles. The first-order valence-corrected chi connectivity index (χ1v) is 12.0. The summed E-state index contributed by atoms with van der Waals surface area (Å²) < 4.78 is 5.60. The third-order valence-corrected chi connectivity index (χ3v) is 6.19. The van der Waals surface area contributed by atoms with Crippen molar-refractivity contribution in [3.63, 3.8) is 0 Å². The van der Waals surface area contributed by atoms with Crippen LogP contribution in [0.3, 0.4) is 0 Å². The van der Waals surface area contributed by atoms with Crippen LogP contribution in [0.2, 0.25) is 0 Å². The zero-order chi connectivity index (χ0) is 25.4. The first kappa shape index (κ1) is 26.0. The SMILES string of the molecule is CC(C)=CCC(NC(=O)OCC1c2ccccc2-c2ccccc21)C(=O)NCC(C)CCC(=O)O. The fourth-order valence-corrected chi connectivity index (χ4v) is 4.24. The second-order valence-corrected chi connectivity index (χ2v) is 9.32. The zero-order valence-electron chi connectivity index (χ0n) is 20.5. The van der Waals surface area contributed by atoms with Crippen molar-refractivity contribution >= 4 is 18.0 Å². The molecule has 2 aromatic rings. The van der Waals surface area contributed by atoms with Gasteiger partial charge in [0.05, 0.1) is 0 Å². The highest BCUT2D eigenvalue weighted by Gasteiger charge is 2.29. The number of nitrogens with one attached hydrogen (secondary N) is 2. The van der Waals surface area contributed by atoms with Crippen molar-refractivity contribution in [2.75, 3.05) is 13.2 Å². The number of rotatable bonds is 11. The lowest BCUT2D eigenvalue weighted by Crippen LogP contribution is -2.47. The van der Waals surface area contributed by atoms with E-state index in [1.54, 1.807) is 0 Å². The molecular formula is C28H34N2O5. The Bertz CT molecular complexity index is 1040. The van der Waals surface area contributed by atoms with Crippen LogP contribution in [0.4, 0.5) is 4.79 Å². The normalized spacial score (nSPS) is 13.7. The topological polar surface area (TPSA) is 105 Å². The van der Waals surface area contributed by atoms with E-state index in [0.717, 1.165) is 27.8 Å². The summed E-state index contributed by atoms with van der Waals surface area (Å²) in [7, 11) is 0. The molecule has 0 heterocycles. The molecule has 0 spiro atoms. The van der Waals surface area contributed by atoms with Gasteiger partial charge in [0.15, 0.2) is 0 Å². The molecule has 7 nitrogen and oxygen atoms in total. The molecule has 0 radical (unpaired) electrons. The first-order chi connectivity index (χ1) is 16.8. The van der Waals surface area contributed by atoms with Crippen molar-refractivity contribution < 1.29 is 24.2 Å². The van der Waals surface area contributed by atoms with Gasteiger partial charge < -0.3 is 20.5 Å².